The predicted molar refractivity (Wildman–Crippen MR) is 180 cm³/mol. The Labute approximate surface area is 246 Å². The average Bonchev–Trinajstić information content (AvgIpc) is 3.48. The molecule has 0 amide bonds. The Balaban J connectivity index is 1.92. The van der Waals surface area contributed by atoms with Crippen LogP contribution in [0.3, 0.4) is 0 Å². The Morgan fingerprint density at radius 2 is 0.900 bits per heavy atom. The van der Waals surface area contributed by atoms with Crippen LogP contribution in [0.25, 0.3) is 0 Å². The maximum absolute atomic E-state index is 2.62. The summed E-state index contributed by atoms with van der Waals surface area (Å²) in [5, 5.41) is 4.57. The van der Waals surface area contributed by atoms with Crippen LogP contribution in [0, 0.1) is 5.41 Å². The smallest absolute Gasteiger partial charge is 0.0790 e. The Morgan fingerprint density at radius 1 is 0.550 bits per heavy atom. The van der Waals surface area contributed by atoms with Crippen LogP contribution >= 0.6 is 0 Å². The van der Waals surface area contributed by atoms with E-state index in [-0.39, 0.29) is 5.41 Å². The fourth-order valence-electron chi connectivity index (χ4n) is 6.30. The zero-order valence-corrected chi connectivity index (χ0v) is 27.1. The molecule has 0 spiro atoms. The van der Waals surface area contributed by atoms with Crippen molar-refractivity contribution in [2.45, 2.75) is 105 Å². The maximum atomic E-state index is 2.62. The summed E-state index contributed by atoms with van der Waals surface area (Å²) in [5.74, 6) is 0. The molecule has 0 aromatic heterocycles. The van der Waals surface area contributed by atoms with Crippen molar-refractivity contribution in [2.24, 2.45) is 5.41 Å². The molecule has 1 aliphatic carbocycles. The molecule has 0 radical (unpaired) electrons. The van der Waals surface area contributed by atoms with E-state index in [2.05, 4.69) is 133 Å². The lowest BCUT2D eigenvalue weighted by atomic mass is 9.87. The van der Waals surface area contributed by atoms with Crippen molar-refractivity contribution in [3.8, 4) is 0 Å². The van der Waals surface area contributed by atoms with Crippen LogP contribution in [0.15, 0.2) is 96.6 Å². The van der Waals surface area contributed by atoms with Crippen molar-refractivity contribution in [3.05, 3.63) is 113 Å². The molecule has 0 fully saturated rings. The summed E-state index contributed by atoms with van der Waals surface area (Å²) in [5.41, 5.74) is 6.38. The summed E-state index contributed by atoms with van der Waals surface area (Å²) in [6, 6.07) is 29.5. The summed E-state index contributed by atoms with van der Waals surface area (Å²) >= 11 is 0. The molecule has 40 heavy (non-hydrogen) atoms. The quantitative estimate of drug-likeness (QED) is 0.148. The number of unbranched alkanes of at least 4 members (excludes halogenated alkanes) is 3. The molecule has 0 bridgehead atoms. The molecule has 0 N–H and O–H groups in total. The molecular formula is C39H52Si. The lowest BCUT2D eigenvalue weighted by Gasteiger charge is -2.38. The van der Waals surface area contributed by atoms with Crippen LogP contribution in [0.1, 0.15) is 96.8 Å². The summed E-state index contributed by atoms with van der Waals surface area (Å²) in [6.07, 6.45) is 18.6. The Kier molecular flexibility index (Phi) is 10.5. The van der Waals surface area contributed by atoms with Gasteiger partial charge in [-0.2, -0.15) is 0 Å². The third-order valence-electron chi connectivity index (χ3n) is 8.89. The second kappa shape index (κ2) is 13.8. The van der Waals surface area contributed by atoms with E-state index in [1.807, 2.05) is 0 Å². The molecule has 1 unspecified atom stereocenters. The molecule has 0 saturated heterocycles. The van der Waals surface area contributed by atoms with Gasteiger partial charge in [0.1, 0.15) is 0 Å². The summed E-state index contributed by atoms with van der Waals surface area (Å²) in [4.78, 5) is 0. The van der Waals surface area contributed by atoms with Crippen molar-refractivity contribution in [1.82, 2.24) is 0 Å². The van der Waals surface area contributed by atoms with E-state index < -0.39 is 8.07 Å². The molecule has 3 aromatic carbocycles. The molecule has 4 rings (SSSR count). The van der Waals surface area contributed by atoms with Crippen LogP contribution in [0.2, 0.25) is 5.54 Å². The fourth-order valence-corrected chi connectivity index (χ4v) is 11.4. The molecule has 1 heteroatoms. The first kappa shape index (κ1) is 30.3. The first-order valence-corrected chi connectivity index (χ1v) is 18.1. The molecule has 212 valence electrons. The van der Waals surface area contributed by atoms with E-state index in [1.54, 1.807) is 0 Å². The highest BCUT2D eigenvalue weighted by molar-refractivity contribution is 7.13. The summed E-state index contributed by atoms with van der Waals surface area (Å²) in [7, 11) is -2.44. The molecule has 0 saturated carbocycles. The third kappa shape index (κ3) is 6.80. The van der Waals surface area contributed by atoms with Gasteiger partial charge in [0.05, 0.1) is 0 Å². The highest BCUT2D eigenvalue weighted by atomic mass is 28.3. The third-order valence-corrected chi connectivity index (χ3v) is 14.0. The number of aryl methyl sites for hydroxylation is 3. The van der Waals surface area contributed by atoms with Gasteiger partial charge in [0.2, 0.25) is 0 Å². The zero-order chi connectivity index (χ0) is 28.6. The van der Waals surface area contributed by atoms with Gasteiger partial charge in [-0.3, -0.25) is 0 Å². The van der Waals surface area contributed by atoms with Gasteiger partial charge in [-0.15, -0.1) is 0 Å². The monoisotopic (exact) mass is 548 g/mol. The van der Waals surface area contributed by atoms with E-state index in [1.165, 1.54) is 95.6 Å². The highest BCUT2D eigenvalue weighted by Crippen LogP contribution is 2.38. The van der Waals surface area contributed by atoms with Gasteiger partial charge in [-0.05, 0) is 81.8 Å². The number of allylic oxidation sites excluding steroid dienone is 4. The first-order valence-electron chi connectivity index (χ1n) is 16.0. The lowest BCUT2D eigenvalue weighted by Crippen LogP contribution is -2.69. The molecule has 0 aliphatic heterocycles. The van der Waals surface area contributed by atoms with Crippen molar-refractivity contribution in [2.75, 3.05) is 0 Å². The van der Waals surface area contributed by atoms with Crippen LogP contribution in [0.4, 0.5) is 0 Å². The van der Waals surface area contributed by atoms with Crippen molar-refractivity contribution in [3.63, 3.8) is 0 Å². The average molecular weight is 549 g/mol. The summed E-state index contributed by atoms with van der Waals surface area (Å²) in [6.45, 7) is 13.9. The van der Waals surface area contributed by atoms with Crippen molar-refractivity contribution >= 4 is 23.6 Å². The topological polar surface area (TPSA) is 0 Å². The van der Waals surface area contributed by atoms with E-state index in [9.17, 15) is 0 Å². The predicted octanol–water partition coefficient (Wildman–Crippen LogP) is 9.10. The Bertz CT molecular complexity index is 1130. The second-order valence-electron chi connectivity index (χ2n) is 13.0. The number of rotatable bonds is 13. The molecule has 1 atom stereocenters. The van der Waals surface area contributed by atoms with E-state index in [0.29, 0.717) is 5.54 Å². The molecular weight excluding hydrogens is 497 g/mol. The second-order valence-corrected chi connectivity index (χ2v) is 17.0. The van der Waals surface area contributed by atoms with Gasteiger partial charge >= 0.3 is 0 Å². The minimum Gasteiger partial charge on any atom is -0.0790 e. The minimum atomic E-state index is -2.44. The highest BCUT2D eigenvalue weighted by Gasteiger charge is 2.46. The number of hydrogen-bond acceptors (Lipinski definition) is 0. The Morgan fingerprint density at radius 3 is 1.18 bits per heavy atom. The SMILES string of the molecule is CCCCc1ccc([Si](c2ccc(CCCC)cc2)(c2ccc(CCCC)cc2)C2C=CC(C(C)(C)C)=C2)cc1. The minimum absolute atomic E-state index is 0.142. The summed E-state index contributed by atoms with van der Waals surface area (Å²) < 4.78 is 0. The molecule has 3 aromatic rings. The first-order chi connectivity index (χ1) is 19.3. The van der Waals surface area contributed by atoms with Crippen molar-refractivity contribution in [1.29, 1.82) is 0 Å². The van der Waals surface area contributed by atoms with Crippen LogP contribution < -0.4 is 15.6 Å². The van der Waals surface area contributed by atoms with Crippen molar-refractivity contribution < 1.29 is 0 Å². The van der Waals surface area contributed by atoms with Crippen LogP contribution in [0.5, 0.6) is 0 Å². The van der Waals surface area contributed by atoms with E-state index in [4.69, 9.17) is 0 Å². The van der Waals surface area contributed by atoms with E-state index in [0.717, 1.165) is 0 Å². The number of hydrogen-bond donors (Lipinski definition) is 0. The molecule has 0 heterocycles. The van der Waals surface area contributed by atoms with Gasteiger partial charge in [-0.1, -0.05) is 152 Å². The van der Waals surface area contributed by atoms with Gasteiger partial charge in [0.15, 0.2) is 8.07 Å². The van der Waals surface area contributed by atoms with Gasteiger partial charge in [0.25, 0.3) is 0 Å². The standard InChI is InChI=1S/C39H52Si/c1-7-10-13-31-16-23-35(24-17-31)40(38-29-22-34(30-38)39(4,5)6,36-25-18-32(19-26-36)14-11-8-2)37-27-20-33(21-28-37)15-12-9-3/h16-30,38H,7-15H2,1-6H3. The fraction of sp³-hybridized carbons (Fsp3) is 0.436. The van der Waals surface area contributed by atoms with Crippen LogP contribution in [-0.4, -0.2) is 8.07 Å². The van der Waals surface area contributed by atoms with E-state index >= 15 is 0 Å². The largest absolute Gasteiger partial charge is 0.158 e. The number of benzene rings is 3. The Hall–Kier alpha value is -2.64. The molecule has 0 nitrogen and oxygen atoms in total. The zero-order valence-electron chi connectivity index (χ0n) is 26.1. The van der Waals surface area contributed by atoms with Gasteiger partial charge < -0.3 is 0 Å². The van der Waals surface area contributed by atoms with Gasteiger partial charge in [-0.25, -0.2) is 0 Å². The van der Waals surface area contributed by atoms with Crippen LogP contribution in [-0.2, 0) is 19.3 Å². The maximum Gasteiger partial charge on any atom is 0.158 e. The lowest BCUT2D eigenvalue weighted by molar-refractivity contribution is 0.518. The normalized spacial score (nSPS) is 15.4. The molecule has 1 aliphatic rings. The van der Waals surface area contributed by atoms with Gasteiger partial charge in [0, 0.05) is 5.54 Å².